The highest BCUT2D eigenvalue weighted by atomic mass is 16.4. The molecule has 20 heavy (non-hydrogen) atoms. The lowest BCUT2D eigenvalue weighted by atomic mass is 10.1. The van der Waals surface area contributed by atoms with Crippen molar-refractivity contribution < 1.29 is 34.2 Å². The topological polar surface area (TPSA) is 136 Å². The van der Waals surface area contributed by atoms with E-state index in [0.717, 1.165) is 14.1 Å². The largest absolute Gasteiger partial charge is 0.480 e. The molecule has 1 rings (SSSR count). The van der Waals surface area contributed by atoms with Crippen LogP contribution in [0.1, 0.15) is 0 Å². The molecule has 1 saturated heterocycles. The van der Waals surface area contributed by atoms with Gasteiger partial charge in [0.25, 0.3) is 11.8 Å². The molecule has 10 nitrogen and oxygen atoms in total. The molecule has 0 aromatic rings. The number of hydrogen-bond donors (Lipinski definition) is 2. The van der Waals surface area contributed by atoms with Crippen LogP contribution in [0.15, 0.2) is 0 Å². The summed E-state index contributed by atoms with van der Waals surface area (Å²) < 4.78 is 0. The molecular formula is C10H13N3O7. The molecule has 0 aliphatic carbocycles. The fourth-order valence-electron chi connectivity index (χ4n) is 1.78. The van der Waals surface area contributed by atoms with Crippen LogP contribution in [0.4, 0.5) is 4.79 Å². The van der Waals surface area contributed by atoms with Crippen LogP contribution in [-0.4, -0.2) is 87.9 Å². The molecule has 4 amide bonds. The number of urea groups is 1. The van der Waals surface area contributed by atoms with Gasteiger partial charge in [0.1, 0.15) is 0 Å². The highest BCUT2D eigenvalue weighted by Crippen LogP contribution is 2.14. The maximum Gasteiger partial charge on any atom is 0.332 e. The van der Waals surface area contributed by atoms with Crippen LogP contribution in [0.2, 0.25) is 0 Å². The molecule has 0 aromatic heterocycles. The molecule has 0 spiro atoms. The van der Waals surface area contributed by atoms with Crippen LogP contribution in [0.25, 0.3) is 0 Å². The molecule has 0 aromatic carbocycles. The maximum atomic E-state index is 11.9. The number of carboxylic acid groups (broad SMARTS) is 2. The SMILES string of the molecule is CN1C(=O)C(N(CC(=O)O)CC(=O)O)C(=O)N(C)C1=O. The molecule has 0 bridgehead atoms. The Morgan fingerprint density at radius 3 is 1.65 bits per heavy atom. The van der Waals surface area contributed by atoms with Crippen LogP contribution in [0, 0.1) is 0 Å². The van der Waals surface area contributed by atoms with Gasteiger partial charge in [0.15, 0.2) is 6.04 Å². The summed E-state index contributed by atoms with van der Waals surface area (Å²) in [5.41, 5.74) is 0. The number of nitrogens with zero attached hydrogens (tertiary/aromatic N) is 3. The van der Waals surface area contributed by atoms with Gasteiger partial charge in [-0.1, -0.05) is 0 Å². The Morgan fingerprint density at radius 2 is 1.35 bits per heavy atom. The van der Waals surface area contributed by atoms with Gasteiger partial charge in [-0.2, -0.15) is 0 Å². The second kappa shape index (κ2) is 5.65. The van der Waals surface area contributed by atoms with Crippen molar-refractivity contribution in [3.05, 3.63) is 0 Å². The average Bonchev–Trinajstić information content (AvgIpc) is 2.32. The van der Waals surface area contributed by atoms with Crippen molar-refractivity contribution in [3.63, 3.8) is 0 Å². The number of likely N-dealkylation sites (N-methyl/N-ethyl adjacent to an activating group) is 2. The van der Waals surface area contributed by atoms with Crippen LogP contribution in [-0.2, 0) is 19.2 Å². The van der Waals surface area contributed by atoms with E-state index in [4.69, 9.17) is 10.2 Å². The molecule has 0 saturated carbocycles. The summed E-state index contributed by atoms with van der Waals surface area (Å²) in [6.45, 7) is -1.63. The molecule has 0 unspecified atom stereocenters. The minimum Gasteiger partial charge on any atom is -0.480 e. The van der Waals surface area contributed by atoms with Crippen molar-refractivity contribution in [3.8, 4) is 0 Å². The van der Waals surface area contributed by atoms with Crippen molar-refractivity contribution in [2.24, 2.45) is 0 Å². The lowest BCUT2D eigenvalue weighted by Crippen LogP contribution is -2.65. The fourth-order valence-corrected chi connectivity index (χ4v) is 1.78. The van der Waals surface area contributed by atoms with Crippen molar-refractivity contribution in [1.29, 1.82) is 0 Å². The third-order valence-electron chi connectivity index (χ3n) is 2.74. The molecule has 110 valence electrons. The number of carbonyl (C=O) groups is 5. The first-order chi connectivity index (χ1) is 9.16. The molecule has 1 fully saturated rings. The second-order valence-electron chi connectivity index (χ2n) is 4.17. The van der Waals surface area contributed by atoms with Crippen LogP contribution >= 0.6 is 0 Å². The van der Waals surface area contributed by atoms with E-state index in [1.54, 1.807) is 0 Å². The monoisotopic (exact) mass is 287 g/mol. The van der Waals surface area contributed by atoms with Gasteiger partial charge in [0, 0.05) is 14.1 Å². The zero-order valence-corrected chi connectivity index (χ0v) is 10.8. The third-order valence-corrected chi connectivity index (χ3v) is 2.74. The number of amides is 4. The van der Waals surface area contributed by atoms with Gasteiger partial charge < -0.3 is 10.2 Å². The number of rotatable bonds is 5. The molecule has 0 radical (unpaired) electrons. The quantitative estimate of drug-likeness (QED) is 0.548. The third kappa shape index (κ3) is 2.91. The zero-order chi connectivity index (χ0) is 15.6. The summed E-state index contributed by atoms with van der Waals surface area (Å²) in [6.07, 6.45) is 0. The van der Waals surface area contributed by atoms with Crippen LogP contribution in [0.5, 0.6) is 0 Å². The van der Waals surface area contributed by atoms with E-state index in [9.17, 15) is 24.0 Å². The van der Waals surface area contributed by atoms with Crippen molar-refractivity contribution in [1.82, 2.24) is 14.7 Å². The van der Waals surface area contributed by atoms with Crippen LogP contribution < -0.4 is 0 Å². The highest BCUT2D eigenvalue weighted by molar-refractivity contribution is 6.18. The molecule has 2 N–H and O–H groups in total. The first-order valence-corrected chi connectivity index (χ1v) is 5.43. The van der Waals surface area contributed by atoms with Gasteiger partial charge in [-0.25, -0.2) is 4.79 Å². The Bertz CT molecular complexity index is 449. The van der Waals surface area contributed by atoms with Gasteiger partial charge in [0.05, 0.1) is 13.1 Å². The number of aliphatic carboxylic acids is 2. The predicted octanol–water partition coefficient (Wildman–Crippen LogP) is -2.12. The first-order valence-electron chi connectivity index (χ1n) is 5.43. The van der Waals surface area contributed by atoms with Gasteiger partial charge >= 0.3 is 18.0 Å². The normalized spacial score (nSPS) is 17.1. The van der Waals surface area contributed by atoms with E-state index >= 15 is 0 Å². The molecule has 0 atom stereocenters. The number of carbonyl (C=O) groups excluding carboxylic acids is 3. The Labute approximate surface area is 113 Å². The van der Waals surface area contributed by atoms with Gasteiger partial charge in [-0.3, -0.25) is 33.9 Å². The standard InChI is InChI=1S/C10H13N3O7/c1-11-8(18)7(9(19)12(2)10(11)20)13(3-5(14)15)4-6(16)17/h7H,3-4H2,1-2H3,(H,14,15)(H,16,17). The molecule has 1 aliphatic heterocycles. The highest BCUT2D eigenvalue weighted by Gasteiger charge is 2.46. The summed E-state index contributed by atoms with van der Waals surface area (Å²) in [7, 11) is 2.25. The minimum absolute atomic E-state index is 0.642. The Balaban J connectivity index is 3.12. The number of imide groups is 2. The van der Waals surface area contributed by atoms with Gasteiger partial charge in [0.2, 0.25) is 0 Å². The number of barbiturate groups is 1. The average molecular weight is 287 g/mol. The van der Waals surface area contributed by atoms with E-state index in [0.29, 0.717) is 14.7 Å². The molecular weight excluding hydrogens is 274 g/mol. The lowest BCUT2D eigenvalue weighted by Gasteiger charge is -2.37. The Hall–Kier alpha value is -2.49. The molecule has 10 heteroatoms. The minimum atomic E-state index is -1.64. The van der Waals surface area contributed by atoms with E-state index in [-0.39, 0.29) is 0 Å². The summed E-state index contributed by atoms with van der Waals surface area (Å²) >= 11 is 0. The van der Waals surface area contributed by atoms with Gasteiger partial charge in [-0.15, -0.1) is 0 Å². The van der Waals surface area contributed by atoms with Crippen molar-refractivity contribution in [2.45, 2.75) is 6.04 Å². The van der Waals surface area contributed by atoms with Gasteiger partial charge in [-0.05, 0) is 0 Å². The Kier molecular flexibility index (Phi) is 4.40. The summed E-state index contributed by atoms with van der Waals surface area (Å²) in [5, 5.41) is 17.5. The summed E-state index contributed by atoms with van der Waals surface area (Å²) in [6, 6.07) is -2.50. The Morgan fingerprint density at radius 1 is 1.00 bits per heavy atom. The summed E-state index contributed by atoms with van der Waals surface area (Å²) in [5.74, 6) is -4.70. The predicted molar refractivity (Wildman–Crippen MR) is 61.6 cm³/mol. The molecule has 1 heterocycles. The van der Waals surface area contributed by atoms with Crippen molar-refractivity contribution >= 4 is 29.8 Å². The smallest absolute Gasteiger partial charge is 0.332 e. The van der Waals surface area contributed by atoms with E-state index in [2.05, 4.69) is 0 Å². The van der Waals surface area contributed by atoms with E-state index in [1.807, 2.05) is 0 Å². The number of hydrogen-bond acceptors (Lipinski definition) is 6. The van der Waals surface area contributed by atoms with Crippen molar-refractivity contribution in [2.75, 3.05) is 27.2 Å². The fraction of sp³-hybridized carbons (Fsp3) is 0.500. The van der Waals surface area contributed by atoms with E-state index < -0.39 is 48.9 Å². The first kappa shape index (κ1) is 15.6. The second-order valence-corrected chi connectivity index (χ2v) is 4.17. The van der Waals surface area contributed by atoms with E-state index in [1.165, 1.54) is 0 Å². The number of carboxylic acids is 2. The lowest BCUT2D eigenvalue weighted by molar-refractivity contribution is -0.153. The zero-order valence-electron chi connectivity index (χ0n) is 10.8. The van der Waals surface area contributed by atoms with Crippen LogP contribution in [0.3, 0.4) is 0 Å². The molecule has 1 aliphatic rings. The maximum absolute atomic E-state index is 11.9. The summed E-state index contributed by atoms with van der Waals surface area (Å²) in [4.78, 5) is 58.8.